The first-order valence-corrected chi connectivity index (χ1v) is 6.67. The molecule has 6 heteroatoms. The van der Waals surface area contributed by atoms with Crippen molar-refractivity contribution in [1.82, 2.24) is 5.32 Å². The molecule has 0 fully saturated rings. The molecule has 1 amide bonds. The Kier molecular flexibility index (Phi) is 4.53. The predicted octanol–water partition coefficient (Wildman–Crippen LogP) is 0.720. The third-order valence-corrected chi connectivity index (χ3v) is 3.78. The molecule has 0 atom stereocenters. The highest BCUT2D eigenvalue weighted by Crippen LogP contribution is 2.37. The van der Waals surface area contributed by atoms with E-state index in [0.717, 1.165) is 0 Å². The van der Waals surface area contributed by atoms with Gasteiger partial charge in [0.1, 0.15) is 0 Å². The molecule has 0 unspecified atom stereocenters. The highest BCUT2D eigenvalue weighted by atomic mass is 32.2. The molecule has 0 saturated carbocycles. The maximum Gasteiger partial charge on any atom is 0.226 e. The van der Waals surface area contributed by atoms with Crippen molar-refractivity contribution >= 4 is 16.0 Å². The zero-order valence-corrected chi connectivity index (χ0v) is 11.3. The van der Waals surface area contributed by atoms with Crippen molar-refractivity contribution in [2.75, 3.05) is 12.3 Å². The quantitative estimate of drug-likeness (QED) is 0.745. The van der Waals surface area contributed by atoms with Crippen LogP contribution >= 0.6 is 0 Å². The molecule has 0 aromatic rings. The zero-order chi connectivity index (χ0) is 13.2. The minimum absolute atomic E-state index is 0.135. The van der Waals surface area contributed by atoms with Crippen LogP contribution in [0.4, 0.5) is 0 Å². The molecule has 0 heterocycles. The normalized spacial score (nSPS) is 13.6. The molecule has 0 spiro atoms. The Hall–Kier alpha value is -0.620. The van der Waals surface area contributed by atoms with Crippen molar-refractivity contribution in [2.24, 2.45) is 10.8 Å². The summed E-state index contributed by atoms with van der Waals surface area (Å²) < 4.78 is 31.1. The minimum Gasteiger partial charge on any atom is -0.748 e. The fourth-order valence-electron chi connectivity index (χ4n) is 0.851. The van der Waals surface area contributed by atoms with Gasteiger partial charge in [-0.1, -0.05) is 34.6 Å². The summed E-state index contributed by atoms with van der Waals surface area (Å²) in [6, 6.07) is 0. The van der Waals surface area contributed by atoms with E-state index in [2.05, 4.69) is 5.32 Å². The monoisotopic (exact) mass is 250 g/mol. The third-order valence-electron chi connectivity index (χ3n) is 3.08. The van der Waals surface area contributed by atoms with Gasteiger partial charge in [0.05, 0.1) is 15.9 Å². The maximum atomic E-state index is 11.8. The number of amides is 1. The van der Waals surface area contributed by atoms with Crippen molar-refractivity contribution < 1.29 is 17.8 Å². The van der Waals surface area contributed by atoms with Crippen LogP contribution < -0.4 is 5.32 Å². The lowest BCUT2D eigenvalue weighted by Crippen LogP contribution is -2.46. The van der Waals surface area contributed by atoms with E-state index in [4.69, 9.17) is 0 Å². The smallest absolute Gasteiger partial charge is 0.226 e. The van der Waals surface area contributed by atoms with Crippen LogP contribution in [0.1, 0.15) is 34.6 Å². The molecule has 0 aliphatic heterocycles. The fraction of sp³-hybridized carbons (Fsp3) is 0.900. The number of hydrogen-bond donors (Lipinski definition) is 1. The number of nitrogens with one attached hydrogen (secondary N) is 1. The maximum absolute atomic E-state index is 11.8. The van der Waals surface area contributed by atoms with Crippen LogP contribution in [-0.4, -0.2) is 31.2 Å². The van der Waals surface area contributed by atoms with Crippen molar-refractivity contribution in [3.8, 4) is 0 Å². The van der Waals surface area contributed by atoms with Gasteiger partial charge in [-0.15, -0.1) is 0 Å². The van der Waals surface area contributed by atoms with E-state index in [0.29, 0.717) is 0 Å². The highest BCUT2D eigenvalue weighted by molar-refractivity contribution is 7.85. The van der Waals surface area contributed by atoms with Gasteiger partial charge < -0.3 is 9.87 Å². The van der Waals surface area contributed by atoms with Gasteiger partial charge in [-0.05, 0) is 5.41 Å². The van der Waals surface area contributed by atoms with E-state index >= 15 is 0 Å². The summed E-state index contributed by atoms with van der Waals surface area (Å²) in [5.41, 5.74) is -0.868. The first-order chi connectivity index (χ1) is 6.88. The van der Waals surface area contributed by atoms with Crippen LogP contribution in [-0.2, 0) is 14.9 Å². The Morgan fingerprint density at radius 3 is 1.94 bits per heavy atom. The summed E-state index contributed by atoms with van der Waals surface area (Å²) >= 11 is 0. The Labute approximate surface area is 97.4 Å². The summed E-state index contributed by atoms with van der Waals surface area (Å²) in [6.07, 6.45) is 0. The lowest BCUT2D eigenvalue weighted by molar-refractivity contribution is -0.134. The number of rotatable bonds is 4. The van der Waals surface area contributed by atoms with Crippen LogP contribution in [0.25, 0.3) is 0 Å². The molecular weight excluding hydrogens is 230 g/mol. The minimum atomic E-state index is -4.27. The topological polar surface area (TPSA) is 86.3 Å². The van der Waals surface area contributed by atoms with Crippen LogP contribution in [0.15, 0.2) is 0 Å². The van der Waals surface area contributed by atoms with E-state index in [1.807, 2.05) is 20.8 Å². The SMILES string of the molecule is CC(C)(C)C(C)(C)C(=O)NCCS(=O)(=O)[O-]. The van der Waals surface area contributed by atoms with Gasteiger partial charge in [-0.3, -0.25) is 4.79 Å². The second-order valence-corrected chi connectivity index (χ2v) is 6.92. The van der Waals surface area contributed by atoms with E-state index < -0.39 is 21.3 Å². The van der Waals surface area contributed by atoms with Gasteiger partial charge in [0.25, 0.3) is 0 Å². The Balaban J connectivity index is 4.39. The number of carbonyl (C=O) groups is 1. The van der Waals surface area contributed by atoms with Crippen molar-refractivity contribution in [1.29, 1.82) is 0 Å². The molecule has 0 bridgehead atoms. The van der Waals surface area contributed by atoms with Crippen LogP contribution in [0.5, 0.6) is 0 Å². The van der Waals surface area contributed by atoms with Crippen LogP contribution in [0, 0.1) is 10.8 Å². The molecule has 16 heavy (non-hydrogen) atoms. The van der Waals surface area contributed by atoms with E-state index in [-0.39, 0.29) is 17.9 Å². The van der Waals surface area contributed by atoms with Gasteiger partial charge in [0.2, 0.25) is 5.91 Å². The second-order valence-electron chi connectivity index (χ2n) is 5.39. The molecule has 1 N–H and O–H groups in total. The van der Waals surface area contributed by atoms with Crippen LogP contribution in [0.3, 0.4) is 0 Å². The third kappa shape index (κ3) is 4.49. The van der Waals surface area contributed by atoms with Gasteiger partial charge in [-0.25, -0.2) is 8.42 Å². The Morgan fingerprint density at radius 2 is 1.62 bits per heavy atom. The Morgan fingerprint density at radius 1 is 1.19 bits per heavy atom. The van der Waals surface area contributed by atoms with E-state index in [1.165, 1.54) is 0 Å². The average Bonchev–Trinajstić information content (AvgIpc) is 1.99. The van der Waals surface area contributed by atoms with Crippen LogP contribution in [0.2, 0.25) is 0 Å². The van der Waals surface area contributed by atoms with E-state index in [1.54, 1.807) is 13.8 Å². The molecule has 96 valence electrons. The second kappa shape index (κ2) is 4.71. The van der Waals surface area contributed by atoms with Crippen molar-refractivity contribution in [3.63, 3.8) is 0 Å². The summed E-state index contributed by atoms with van der Waals surface area (Å²) in [5.74, 6) is -0.817. The van der Waals surface area contributed by atoms with Gasteiger partial charge in [0, 0.05) is 12.0 Å². The largest absolute Gasteiger partial charge is 0.748 e. The molecule has 0 aromatic carbocycles. The summed E-state index contributed by atoms with van der Waals surface area (Å²) in [5, 5.41) is 2.47. The molecule has 0 saturated heterocycles. The van der Waals surface area contributed by atoms with Gasteiger partial charge in [-0.2, -0.15) is 0 Å². The highest BCUT2D eigenvalue weighted by Gasteiger charge is 2.39. The summed E-state index contributed by atoms with van der Waals surface area (Å²) in [7, 11) is -4.27. The van der Waals surface area contributed by atoms with Crippen molar-refractivity contribution in [3.05, 3.63) is 0 Å². The van der Waals surface area contributed by atoms with Crippen molar-refractivity contribution in [2.45, 2.75) is 34.6 Å². The Bertz CT molecular complexity index is 352. The standard InChI is InChI=1S/C10H21NO4S/c1-9(2,3)10(4,5)8(12)11-6-7-16(13,14)15/h6-7H2,1-5H3,(H,11,12)(H,13,14,15)/p-1. The molecule has 0 radical (unpaired) electrons. The van der Waals surface area contributed by atoms with Gasteiger partial charge in [0.15, 0.2) is 0 Å². The number of carbonyl (C=O) groups excluding carboxylic acids is 1. The van der Waals surface area contributed by atoms with Gasteiger partial charge >= 0.3 is 0 Å². The van der Waals surface area contributed by atoms with E-state index in [9.17, 15) is 17.8 Å². The fourth-order valence-corrected chi connectivity index (χ4v) is 1.20. The molecular formula is C10H20NO4S-. The average molecular weight is 250 g/mol. The first kappa shape index (κ1) is 15.4. The summed E-state index contributed by atoms with van der Waals surface area (Å²) in [4.78, 5) is 11.8. The molecule has 5 nitrogen and oxygen atoms in total. The lowest BCUT2D eigenvalue weighted by Gasteiger charge is -2.37. The lowest BCUT2D eigenvalue weighted by atomic mass is 9.69. The zero-order valence-electron chi connectivity index (χ0n) is 10.5. The predicted molar refractivity (Wildman–Crippen MR) is 60.8 cm³/mol. The molecule has 0 aliphatic carbocycles. The molecule has 0 aliphatic rings. The first-order valence-electron chi connectivity index (χ1n) is 5.10. The molecule has 0 aromatic heterocycles. The molecule has 0 rings (SSSR count). The summed E-state index contributed by atoms with van der Waals surface area (Å²) in [6.45, 7) is 9.22. The number of hydrogen-bond acceptors (Lipinski definition) is 4.